The van der Waals surface area contributed by atoms with Gasteiger partial charge in [0, 0.05) is 15.4 Å². The van der Waals surface area contributed by atoms with Gasteiger partial charge in [0.1, 0.15) is 10.9 Å². The van der Waals surface area contributed by atoms with Gasteiger partial charge in [0.2, 0.25) is 11.9 Å². The lowest BCUT2D eigenvalue weighted by Gasteiger charge is -2.09. The molecule has 0 saturated heterocycles. The van der Waals surface area contributed by atoms with E-state index in [1.807, 2.05) is 48.5 Å². The molecule has 4 N–H and O–H groups in total. The summed E-state index contributed by atoms with van der Waals surface area (Å²) in [5, 5.41) is 1.81. The Morgan fingerprint density at radius 2 is 1.52 bits per heavy atom. The van der Waals surface area contributed by atoms with Gasteiger partial charge < -0.3 is 11.5 Å². The molecule has 0 aliphatic heterocycles. The minimum atomic E-state index is 0.112. The highest BCUT2D eigenvalue weighted by molar-refractivity contribution is 9.10. The molecule has 27 heavy (non-hydrogen) atoms. The second-order valence-corrected chi connectivity index (χ2v) is 7.51. The average Bonchev–Trinajstić information content (AvgIpc) is 2.66. The van der Waals surface area contributed by atoms with Crippen LogP contribution >= 0.6 is 27.7 Å². The van der Waals surface area contributed by atoms with Crippen LogP contribution < -0.4 is 11.5 Å². The van der Waals surface area contributed by atoms with Gasteiger partial charge in [-0.2, -0.15) is 15.0 Å². The highest BCUT2D eigenvalue weighted by Gasteiger charge is 2.11. The number of thioether (sulfide) groups is 1. The van der Waals surface area contributed by atoms with E-state index in [1.165, 1.54) is 11.8 Å². The van der Waals surface area contributed by atoms with Gasteiger partial charge in [-0.05, 0) is 18.2 Å². The first-order chi connectivity index (χ1) is 13.1. The third kappa shape index (κ3) is 3.99. The highest BCUT2D eigenvalue weighted by Crippen LogP contribution is 2.30. The third-order valence-corrected chi connectivity index (χ3v) is 5.24. The van der Waals surface area contributed by atoms with Crippen molar-refractivity contribution in [3.05, 3.63) is 58.8 Å². The van der Waals surface area contributed by atoms with E-state index in [1.54, 1.807) is 0 Å². The van der Waals surface area contributed by atoms with E-state index in [9.17, 15) is 0 Å². The minimum Gasteiger partial charge on any atom is -0.368 e. The number of hydrogen-bond acceptors (Lipinski definition) is 8. The molecule has 0 atom stereocenters. The standard InChI is InChI=1S/C18H14BrN7S/c19-11-7-5-10(6-8-11)15-22-13-4-2-1-3-12(13)16(25-15)27-9-14-23-17(20)26-18(21)24-14/h1-8H,9H2,(H4,20,21,23,24,26). The van der Waals surface area contributed by atoms with E-state index in [4.69, 9.17) is 21.4 Å². The summed E-state index contributed by atoms with van der Waals surface area (Å²) in [6, 6.07) is 15.8. The molecule has 0 aliphatic carbocycles. The smallest absolute Gasteiger partial charge is 0.225 e. The van der Waals surface area contributed by atoms with Crippen LogP contribution in [-0.2, 0) is 5.75 Å². The first kappa shape index (κ1) is 17.6. The van der Waals surface area contributed by atoms with Gasteiger partial charge in [0.15, 0.2) is 5.82 Å². The molecule has 4 rings (SSSR count). The number of nitrogens with two attached hydrogens (primary N) is 2. The van der Waals surface area contributed by atoms with Crippen molar-refractivity contribution in [2.45, 2.75) is 10.8 Å². The molecule has 0 aliphatic rings. The fourth-order valence-corrected chi connectivity index (χ4v) is 3.68. The average molecular weight is 440 g/mol. The van der Waals surface area contributed by atoms with E-state index < -0.39 is 0 Å². The molecule has 0 saturated carbocycles. The van der Waals surface area contributed by atoms with E-state index in [2.05, 4.69) is 30.9 Å². The summed E-state index contributed by atoms with van der Waals surface area (Å²) in [5.41, 5.74) is 13.1. The number of aromatic nitrogens is 5. The van der Waals surface area contributed by atoms with Crippen molar-refractivity contribution in [3.63, 3.8) is 0 Å². The van der Waals surface area contributed by atoms with Crippen molar-refractivity contribution in [1.29, 1.82) is 0 Å². The summed E-state index contributed by atoms with van der Waals surface area (Å²) in [6.45, 7) is 0. The Morgan fingerprint density at radius 1 is 0.815 bits per heavy atom. The summed E-state index contributed by atoms with van der Waals surface area (Å²) in [4.78, 5) is 21.5. The van der Waals surface area contributed by atoms with Crippen LogP contribution in [0.2, 0.25) is 0 Å². The number of benzene rings is 2. The molecule has 0 bridgehead atoms. The van der Waals surface area contributed by atoms with E-state index >= 15 is 0 Å². The summed E-state index contributed by atoms with van der Waals surface area (Å²) < 4.78 is 1.01. The fraction of sp³-hybridized carbons (Fsp3) is 0.0556. The number of anilines is 2. The second kappa shape index (κ2) is 7.45. The molecule has 0 unspecified atom stereocenters. The van der Waals surface area contributed by atoms with Crippen LogP contribution in [0, 0.1) is 0 Å². The first-order valence-corrected chi connectivity index (χ1v) is 9.78. The summed E-state index contributed by atoms with van der Waals surface area (Å²) >= 11 is 4.96. The molecule has 0 amide bonds. The lowest BCUT2D eigenvalue weighted by Crippen LogP contribution is -2.06. The van der Waals surface area contributed by atoms with Crippen molar-refractivity contribution >= 4 is 50.5 Å². The molecular weight excluding hydrogens is 426 g/mol. The zero-order chi connectivity index (χ0) is 18.8. The number of fused-ring (bicyclic) bond motifs is 1. The van der Waals surface area contributed by atoms with Crippen molar-refractivity contribution < 1.29 is 0 Å². The maximum absolute atomic E-state index is 5.65. The van der Waals surface area contributed by atoms with Gasteiger partial charge in [-0.1, -0.05) is 58.0 Å². The van der Waals surface area contributed by atoms with E-state index in [0.29, 0.717) is 17.4 Å². The molecule has 2 aromatic carbocycles. The maximum atomic E-state index is 5.65. The lowest BCUT2D eigenvalue weighted by atomic mass is 10.2. The number of hydrogen-bond donors (Lipinski definition) is 2. The lowest BCUT2D eigenvalue weighted by molar-refractivity contribution is 0.985. The number of halogens is 1. The molecule has 2 aromatic heterocycles. The molecular formula is C18H14BrN7S. The SMILES string of the molecule is Nc1nc(N)nc(CSc2nc(-c3ccc(Br)cc3)nc3ccccc23)n1. The maximum Gasteiger partial charge on any atom is 0.225 e. The van der Waals surface area contributed by atoms with Crippen LogP contribution in [0.25, 0.3) is 22.3 Å². The predicted molar refractivity (Wildman–Crippen MR) is 111 cm³/mol. The molecule has 134 valence electrons. The van der Waals surface area contributed by atoms with Gasteiger partial charge in [-0.3, -0.25) is 0 Å². The summed E-state index contributed by atoms with van der Waals surface area (Å²) in [6.07, 6.45) is 0. The van der Waals surface area contributed by atoms with Crippen LogP contribution in [0.1, 0.15) is 5.82 Å². The molecule has 0 spiro atoms. The monoisotopic (exact) mass is 439 g/mol. The Morgan fingerprint density at radius 3 is 2.26 bits per heavy atom. The zero-order valence-electron chi connectivity index (χ0n) is 14.0. The highest BCUT2D eigenvalue weighted by atomic mass is 79.9. The van der Waals surface area contributed by atoms with Gasteiger partial charge in [-0.15, -0.1) is 0 Å². The Bertz CT molecular complexity index is 1100. The predicted octanol–water partition coefficient (Wildman–Crippen LogP) is 3.70. The van der Waals surface area contributed by atoms with E-state index in [-0.39, 0.29) is 11.9 Å². The largest absolute Gasteiger partial charge is 0.368 e. The zero-order valence-corrected chi connectivity index (χ0v) is 16.4. The Hall–Kier alpha value is -2.78. The molecule has 0 fully saturated rings. The van der Waals surface area contributed by atoms with Crippen molar-refractivity contribution in [1.82, 2.24) is 24.9 Å². The van der Waals surface area contributed by atoms with Gasteiger partial charge >= 0.3 is 0 Å². The van der Waals surface area contributed by atoms with Crippen molar-refractivity contribution in [2.75, 3.05) is 11.5 Å². The Kier molecular flexibility index (Phi) is 4.87. The first-order valence-electron chi connectivity index (χ1n) is 8.00. The van der Waals surface area contributed by atoms with Crippen molar-refractivity contribution in [2.24, 2.45) is 0 Å². The van der Waals surface area contributed by atoms with Gasteiger partial charge in [0.05, 0.1) is 11.3 Å². The summed E-state index contributed by atoms with van der Waals surface area (Å²) in [5.74, 6) is 1.87. The number of nitrogens with zero attached hydrogens (tertiary/aromatic N) is 5. The molecule has 9 heteroatoms. The molecule has 2 heterocycles. The van der Waals surface area contributed by atoms with Crippen LogP contribution in [0.15, 0.2) is 58.0 Å². The van der Waals surface area contributed by atoms with Crippen LogP contribution in [0.5, 0.6) is 0 Å². The van der Waals surface area contributed by atoms with Crippen LogP contribution in [0.3, 0.4) is 0 Å². The topological polar surface area (TPSA) is 116 Å². The number of nitrogen functional groups attached to an aromatic ring is 2. The molecule has 7 nitrogen and oxygen atoms in total. The number of rotatable bonds is 4. The minimum absolute atomic E-state index is 0.112. The Balaban J connectivity index is 1.73. The normalized spacial score (nSPS) is 11.0. The summed E-state index contributed by atoms with van der Waals surface area (Å²) in [7, 11) is 0. The molecule has 4 aromatic rings. The second-order valence-electron chi connectivity index (χ2n) is 5.63. The number of para-hydroxylation sites is 1. The fourth-order valence-electron chi connectivity index (χ4n) is 2.54. The molecule has 0 radical (unpaired) electrons. The van der Waals surface area contributed by atoms with Gasteiger partial charge in [-0.25, -0.2) is 9.97 Å². The van der Waals surface area contributed by atoms with Crippen LogP contribution in [-0.4, -0.2) is 24.9 Å². The third-order valence-electron chi connectivity index (χ3n) is 3.72. The van der Waals surface area contributed by atoms with E-state index in [0.717, 1.165) is 26.0 Å². The van der Waals surface area contributed by atoms with Gasteiger partial charge in [0.25, 0.3) is 0 Å². The Labute approximate surface area is 167 Å². The van der Waals surface area contributed by atoms with Crippen LogP contribution in [0.4, 0.5) is 11.9 Å². The van der Waals surface area contributed by atoms with Crippen molar-refractivity contribution in [3.8, 4) is 11.4 Å². The quantitative estimate of drug-likeness (QED) is 0.365.